The molecule has 0 aliphatic carbocycles. The molecule has 1 atom stereocenters. The van der Waals surface area contributed by atoms with Crippen LogP contribution in [0.25, 0.3) is 0 Å². The van der Waals surface area contributed by atoms with Crippen molar-refractivity contribution >= 4 is 40.9 Å². The van der Waals surface area contributed by atoms with Crippen LogP contribution in [-0.4, -0.2) is 77.9 Å². The van der Waals surface area contributed by atoms with Gasteiger partial charge < -0.3 is 30.7 Å². The number of anilines is 1. The second-order valence-corrected chi connectivity index (χ2v) is 13.9. The highest BCUT2D eigenvalue weighted by molar-refractivity contribution is 6.30. The number of amides is 4. The summed E-state index contributed by atoms with van der Waals surface area (Å²) in [5.74, 6) is -0.672. The number of nitrogens with one attached hydrogen (secondary N) is 3. The van der Waals surface area contributed by atoms with Crippen LogP contribution < -0.4 is 20.9 Å². The minimum Gasteiger partial charge on any atom is -0.350 e. The van der Waals surface area contributed by atoms with Crippen molar-refractivity contribution in [3.63, 3.8) is 0 Å². The van der Waals surface area contributed by atoms with Gasteiger partial charge in [-0.05, 0) is 67.1 Å². The fraction of sp³-hybridized carbons (Fsp3) is 0.317. The number of carbonyl (C=O) groups excluding carboxylic acids is 4. The zero-order valence-corrected chi connectivity index (χ0v) is 30.1. The SMILES string of the molecule is Cc1ccc(Cl)cc1.O=C(CN1CN(c2ccccc2)C2(CCN(C(=O)CNC(=O)[C@H]3Cc4ccccc4CN3)CC2)C1=O)NCc1ccccc1. The maximum atomic E-state index is 14.0. The van der Waals surface area contributed by atoms with Gasteiger partial charge in [0.1, 0.15) is 12.1 Å². The van der Waals surface area contributed by atoms with Crippen molar-refractivity contribution in [2.75, 3.05) is 37.7 Å². The van der Waals surface area contributed by atoms with E-state index in [1.165, 1.54) is 11.1 Å². The summed E-state index contributed by atoms with van der Waals surface area (Å²) in [7, 11) is 0. The van der Waals surface area contributed by atoms with Crippen molar-refractivity contribution in [1.29, 1.82) is 0 Å². The average Bonchev–Trinajstić information content (AvgIpc) is 3.44. The van der Waals surface area contributed by atoms with Crippen LogP contribution in [0.4, 0.5) is 5.69 Å². The third-order valence-electron chi connectivity index (χ3n) is 10.0. The molecule has 52 heavy (non-hydrogen) atoms. The lowest BCUT2D eigenvalue weighted by Crippen LogP contribution is -2.58. The van der Waals surface area contributed by atoms with Gasteiger partial charge in [0.05, 0.1) is 19.3 Å². The second-order valence-electron chi connectivity index (χ2n) is 13.5. The molecule has 0 unspecified atom stereocenters. The van der Waals surface area contributed by atoms with E-state index >= 15 is 0 Å². The molecular weight excluding hydrogens is 676 g/mol. The van der Waals surface area contributed by atoms with Crippen LogP contribution in [0.3, 0.4) is 0 Å². The minimum atomic E-state index is -0.847. The number of hydrogen-bond donors (Lipinski definition) is 3. The van der Waals surface area contributed by atoms with Gasteiger partial charge in [-0.1, -0.05) is 102 Å². The normalized spacial score (nSPS) is 17.5. The van der Waals surface area contributed by atoms with E-state index in [0.29, 0.717) is 52.1 Å². The molecule has 0 radical (unpaired) electrons. The number of likely N-dealkylation sites (tertiary alicyclic amines) is 1. The van der Waals surface area contributed by atoms with Gasteiger partial charge in [-0.2, -0.15) is 0 Å². The van der Waals surface area contributed by atoms with E-state index in [2.05, 4.69) is 26.9 Å². The van der Waals surface area contributed by atoms with E-state index in [1.807, 2.05) is 110 Å². The Morgan fingerprint density at radius 1 is 0.827 bits per heavy atom. The highest BCUT2D eigenvalue weighted by atomic mass is 35.5. The van der Waals surface area contributed by atoms with E-state index in [1.54, 1.807) is 9.80 Å². The molecule has 0 saturated carbocycles. The molecule has 3 heterocycles. The zero-order valence-electron chi connectivity index (χ0n) is 29.4. The first-order chi connectivity index (χ1) is 25.2. The predicted molar refractivity (Wildman–Crippen MR) is 202 cm³/mol. The number of aryl methyl sites for hydroxylation is 1. The summed E-state index contributed by atoms with van der Waals surface area (Å²) in [5.41, 5.74) is 4.62. The van der Waals surface area contributed by atoms with Gasteiger partial charge in [0.15, 0.2) is 0 Å². The lowest BCUT2D eigenvalue weighted by atomic mass is 9.85. The Hall–Kier alpha value is -5.19. The number of para-hydroxylation sites is 1. The van der Waals surface area contributed by atoms with Gasteiger partial charge in [0.25, 0.3) is 5.91 Å². The van der Waals surface area contributed by atoms with Crippen LogP contribution in [0.5, 0.6) is 0 Å². The number of piperidine rings is 1. The highest BCUT2D eigenvalue weighted by Crippen LogP contribution is 2.39. The number of halogens is 1. The summed E-state index contributed by atoms with van der Waals surface area (Å²) in [4.78, 5) is 58.2. The predicted octanol–water partition coefficient (Wildman–Crippen LogP) is 4.45. The second kappa shape index (κ2) is 16.9. The fourth-order valence-electron chi connectivity index (χ4n) is 7.04. The molecular formula is C41H45ClN6O4. The number of nitrogens with zero attached hydrogens (tertiary/aromatic N) is 3. The van der Waals surface area contributed by atoms with Crippen molar-refractivity contribution in [1.82, 2.24) is 25.8 Å². The Morgan fingerprint density at radius 2 is 1.46 bits per heavy atom. The van der Waals surface area contributed by atoms with Crippen molar-refractivity contribution in [2.24, 2.45) is 0 Å². The number of benzene rings is 4. The topological polar surface area (TPSA) is 114 Å². The van der Waals surface area contributed by atoms with Crippen molar-refractivity contribution in [3.8, 4) is 0 Å². The monoisotopic (exact) mass is 720 g/mol. The first kappa shape index (κ1) is 36.6. The van der Waals surface area contributed by atoms with E-state index in [9.17, 15) is 19.2 Å². The lowest BCUT2D eigenvalue weighted by Gasteiger charge is -2.43. The molecule has 0 aromatic heterocycles. The Labute approximate surface area is 310 Å². The van der Waals surface area contributed by atoms with Crippen LogP contribution in [0, 0.1) is 6.92 Å². The van der Waals surface area contributed by atoms with Gasteiger partial charge in [0.2, 0.25) is 17.7 Å². The molecule has 270 valence electrons. The van der Waals surface area contributed by atoms with Crippen molar-refractivity contribution in [2.45, 2.75) is 50.9 Å². The third kappa shape index (κ3) is 8.81. The molecule has 4 amide bonds. The smallest absolute Gasteiger partial charge is 0.250 e. The molecule has 0 bridgehead atoms. The molecule has 11 heteroatoms. The van der Waals surface area contributed by atoms with Gasteiger partial charge in [-0.15, -0.1) is 0 Å². The number of hydrogen-bond acceptors (Lipinski definition) is 6. The van der Waals surface area contributed by atoms with Gasteiger partial charge in [-0.3, -0.25) is 19.2 Å². The molecule has 7 rings (SSSR count). The van der Waals surface area contributed by atoms with E-state index in [-0.39, 0.29) is 42.8 Å². The quantitative estimate of drug-likeness (QED) is 0.248. The number of rotatable bonds is 8. The maximum absolute atomic E-state index is 14.0. The number of carbonyl (C=O) groups is 4. The van der Waals surface area contributed by atoms with Crippen LogP contribution in [0.15, 0.2) is 109 Å². The molecule has 2 saturated heterocycles. The lowest BCUT2D eigenvalue weighted by molar-refractivity contribution is -0.140. The molecule has 3 N–H and O–H groups in total. The molecule has 4 aromatic rings. The fourth-order valence-corrected chi connectivity index (χ4v) is 7.17. The summed E-state index contributed by atoms with van der Waals surface area (Å²) in [6.45, 7) is 3.99. The summed E-state index contributed by atoms with van der Waals surface area (Å²) in [6, 6.07) is 34.8. The third-order valence-corrected chi connectivity index (χ3v) is 10.3. The van der Waals surface area contributed by atoms with E-state index < -0.39 is 5.54 Å². The van der Waals surface area contributed by atoms with Crippen LogP contribution in [0.1, 0.15) is 35.1 Å². The molecule has 3 aliphatic heterocycles. The van der Waals surface area contributed by atoms with Gasteiger partial charge >= 0.3 is 0 Å². The largest absolute Gasteiger partial charge is 0.350 e. The minimum absolute atomic E-state index is 0.0366. The van der Waals surface area contributed by atoms with Crippen LogP contribution in [-0.2, 0) is 38.7 Å². The number of fused-ring (bicyclic) bond motifs is 1. The van der Waals surface area contributed by atoms with Gasteiger partial charge in [0, 0.05) is 36.9 Å². The molecule has 1 spiro atoms. The molecule has 2 fully saturated rings. The first-order valence-electron chi connectivity index (χ1n) is 17.7. The maximum Gasteiger partial charge on any atom is 0.250 e. The van der Waals surface area contributed by atoms with Crippen LogP contribution >= 0.6 is 11.6 Å². The Bertz CT molecular complexity index is 1830. The molecule has 10 nitrogen and oxygen atoms in total. The summed E-state index contributed by atoms with van der Waals surface area (Å²) < 4.78 is 0. The summed E-state index contributed by atoms with van der Waals surface area (Å²) in [6.07, 6.45) is 1.45. The summed E-state index contributed by atoms with van der Waals surface area (Å²) in [5, 5.41) is 9.80. The van der Waals surface area contributed by atoms with Crippen molar-refractivity contribution < 1.29 is 19.2 Å². The highest BCUT2D eigenvalue weighted by Gasteiger charge is 2.54. The molecule has 4 aromatic carbocycles. The standard InChI is InChI=1S/C34H38N6O4.C7H7Cl/c41-30(36-20-25-9-3-1-4-10-25)23-39-24-40(28-13-5-2-6-14-28)34(33(39)44)15-17-38(18-16-34)31(42)22-37-32(43)29-19-26-11-7-8-12-27(26)21-35-29;1-6-2-4-7(8)5-3-6/h1-14,29,35H,15-24H2,(H,36,41)(H,37,43);2-5H,1H3/t29-;/m1./s1. The van der Waals surface area contributed by atoms with E-state index in [4.69, 9.17) is 11.6 Å². The van der Waals surface area contributed by atoms with E-state index in [0.717, 1.165) is 21.8 Å². The summed E-state index contributed by atoms with van der Waals surface area (Å²) >= 11 is 5.61. The Kier molecular flexibility index (Phi) is 11.9. The van der Waals surface area contributed by atoms with Crippen molar-refractivity contribution in [3.05, 3.63) is 136 Å². The Balaban J connectivity index is 0.000000514. The zero-order chi connectivity index (χ0) is 36.5. The average molecular weight is 721 g/mol. The van der Waals surface area contributed by atoms with Crippen LogP contribution in [0.2, 0.25) is 5.02 Å². The first-order valence-corrected chi connectivity index (χ1v) is 18.1. The molecule has 3 aliphatic rings. The van der Waals surface area contributed by atoms with Gasteiger partial charge in [-0.25, -0.2) is 0 Å². The Morgan fingerprint density at radius 3 is 2.13 bits per heavy atom.